The van der Waals surface area contributed by atoms with Crippen LogP contribution >= 0.6 is 11.3 Å². The van der Waals surface area contributed by atoms with Crippen molar-refractivity contribution >= 4 is 22.4 Å². The van der Waals surface area contributed by atoms with E-state index in [4.69, 9.17) is 4.52 Å². The lowest BCUT2D eigenvalue weighted by atomic mass is 10.2. The van der Waals surface area contributed by atoms with Crippen molar-refractivity contribution in [2.75, 3.05) is 5.32 Å². The third kappa shape index (κ3) is 4.19. The van der Waals surface area contributed by atoms with Crippen LogP contribution < -0.4 is 5.32 Å². The molecule has 0 aliphatic heterocycles. The summed E-state index contributed by atoms with van der Waals surface area (Å²) in [6.07, 6.45) is 5.67. The van der Waals surface area contributed by atoms with Gasteiger partial charge in [0.25, 0.3) is 0 Å². The van der Waals surface area contributed by atoms with E-state index in [1.54, 1.807) is 12.4 Å². The molecule has 124 valence electrons. The third-order valence-corrected chi connectivity index (χ3v) is 4.18. The van der Waals surface area contributed by atoms with E-state index >= 15 is 0 Å². The number of carbonyl (C=O) groups excluding carboxylic acids is 1. The van der Waals surface area contributed by atoms with Crippen molar-refractivity contribution in [3.05, 3.63) is 35.4 Å². The molecule has 9 heteroatoms. The molecule has 1 amide bonds. The number of hydrogen-bond donors (Lipinski definition) is 1. The second-order valence-electron chi connectivity index (χ2n) is 5.01. The first-order chi connectivity index (χ1) is 11.7. The Morgan fingerprint density at radius 3 is 3.04 bits per heavy atom. The minimum Gasteiger partial charge on any atom is -0.339 e. The summed E-state index contributed by atoms with van der Waals surface area (Å²) < 4.78 is 5.20. The second kappa shape index (κ2) is 7.73. The van der Waals surface area contributed by atoms with Gasteiger partial charge in [0.15, 0.2) is 0 Å². The van der Waals surface area contributed by atoms with Gasteiger partial charge >= 0.3 is 0 Å². The Kier molecular flexibility index (Phi) is 5.22. The van der Waals surface area contributed by atoms with Gasteiger partial charge in [-0.3, -0.25) is 9.78 Å². The van der Waals surface area contributed by atoms with Crippen LogP contribution in [-0.4, -0.2) is 31.2 Å². The summed E-state index contributed by atoms with van der Waals surface area (Å²) in [7, 11) is 0. The molecule has 3 heterocycles. The van der Waals surface area contributed by atoms with Crippen LogP contribution in [-0.2, 0) is 17.6 Å². The summed E-state index contributed by atoms with van der Waals surface area (Å²) in [6, 6.07) is 3.68. The average Bonchev–Trinajstić information content (AvgIpc) is 3.25. The molecule has 0 atom stereocenters. The van der Waals surface area contributed by atoms with Crippen molar-refractivity contribution in [3.63, 3.8) is 0 Å². The lowest BCUT2D eigenvalue weighted by Crippen LogP contribution is -2.11. The molecule has 8 nitrogen and oxygen atoms in total. The Balaban J connectivity index is 1.46. The molecule has 0 aliphatic carbocycles. The summed E-state index contributed by atoms with van der Waals surface area (Å²) in [6.45, 7) is 2.00. The van der Waals surface area contributed by atoms with Gasteiger partial charge in [-0.05, 0) is 25.0 Å². The molecule has 0 bridgehead atoms. The Morgan fingerprint density at radius 2 is 2.29 bits per heavy atom. The van der Waals surface area contributed by atoms with Gasteiger partial charge < -0.3 is 9.84 Å². The number of carbonyl (C=O) groups is 1. The smallest absolute Gasteiger partial charge is 0.226 e. The maximum Gasteiger partial charge on any atom is 0.226 e. The third-order valence-electron chi connectivity index (χ3n) is 3.20. The number of aryl methyl sites for hydroxylation is 2. The van der Waals surface area contributed by atoms with Gasteiger partial charge in [0, 0.05) is 30.8 Å². The summed E-state index contributed by atoms with van der Waals surface area (Å²) >= 11 is 1.39. The van der Waals surface area contributed by atoms with E-state index in [-0.39, 0.29) is 5.91 Å². The number of hydrogen-bond acceptors (Lipinski definition) is 8. The number of anilines is 1. The zero-order valence-corrected chi connectivity index (χ0v) is 13.9. The van der Waals surface area contributed by atoms with Gasteiger partial charge in [0.2, 0.25) is 22.8 Å². The summed E-state index contributed by atoms with van der Waals surface area (Å²) in [5.74, 6) is 0.912. The Bertz CT molecular complexity index is 801. The van der Waals surface area contributed by atoms with E-state index in [0.717, 1.165) is 17.0 Å². The largest absolute Gasteiger partial charge is 0.339 e. The first-order valence-electron chi connectivity index (χ1n) is 7.60. The monoisotopic (exact) mass is 344 g/mol. The Hall–Kier alpha value is -2.68. The molecular weight excluding hydrogens is 328 g/mol. The topological polar surface area (TPSA) is 107 Å². The number of pyridine rings is 1. The highest BCUT2D eigenvalue weighted by atomic mass is 32.1. The zero-order chi connectivity index (χ0) is 16.8. The number of rotatable bonds is 7. The molecule has 3 aromatic rings. The molecule has 0 aromatic carbocycles. The molecule has 24 heavy (non-hydrogen) atoms. The Morgan fingerprint density at radius 1 is 1.38 bits per heavy atom. The lowest BCUT2D eigenvalue weighted by molar-refractivity contribution is -0.116. The van der Waals surface area contributed by atoms with E-state index in [9.17, 15) is 4.79 Å². The molecule has 0 saturated heterocycles. The van der Waals surface area contributed by atoms with Crippen molar-refractivity contribution < 1.29 is 9.32 Å². The van der Waals surface area contributed by atoms with Crippen LogP contribution in [0.3, 0.4) is 0 Å². The highest BCUT2D eigenvalue weighted by Gasteiger charge is 2.11. The maximum absolute atomic E-state index is 11.9. The molecule has 0 radical (unpaired) electrons. The van der Waals surface area contributed by atoms with Gasteiger partial charge in [-0.25, -0.2) is 0 Å². The predicted molar refractivity (Wildman–Crippen MR) is 88.4 cm³/mol. The van der Waals surface area contributed by atoms with Gasteiger partial charge in [-0.15, -0.1) is 10.2 Å². The number of amides is 1. The van der Waals surface area contributed by atoms with Crippen molar-refractivity contribution in [3.8, 4) is 11.4 Å². The number of nitrogens with zero attached hydrogens (tertiary/aromatic N) is 5. The number of nitrogens with one attached hydrogen (secondary N) is 1. The van der Waals surface area contributed by atoms with Gasteiger partial charge in [0.05, 0.1) is 0 Å². The van der Waals surface area contributed by atoms with Gasteiger partial charge in [-0.2, -0.15) is 4.98 Å². The molecule has 0 unspecified atom stereocenters. The Labute approximate surface area is 142 Å². The van der Waals surface area contributed by atoms with Crippen molar-refractivity contribution in [1.82, 2.24) is 25.3 Å². The highest BCUT2D eigenvalue weighted by molar-refractivity contribution is 7.15. The number of aromatic nitrogens is 5. The first kappa shape index (κ1) is 16.2. The quantitative estimate of drug-likeness (QED) is 0.701. The van der Waals surface area contributed by atoms with Crippen molar-refractivity contribution in [1.29, 1.82) is 0 Å². The van der Waals surface area contributed by atoms with Crippen molar-refractivity contribution in [2.24, 2.45) is 0 Å². The molecule has 1 N–H and O–H groups in total. The summed E-state index contributed by atoms with van der Waals surface area (Å²) in [5, 5.41) is 16.0. The normalized spacial score (nSPS) is 10.7. The second-order valence-corrected chi connectivity index (χ2v) is 6.07. The van der Waals surface area contributed by atoms with Crippen LogP contribution in [0.1, 0.15) is 30.7 Å². The molecule has 0 fully saturated rings. The van der Waals surface area contributed by atoms with E-state index in [2.05, 4.69) is 30.6 Å². The molecular formula is C15H16N6O2S. The van der Waals surface area contributed by atoms with E-state index in [1.165, 1.54) is 11.3 Å². The van der Waals surface area contributed by atoms with Crippen LogP contribution in [0.4, 0.5) is 5.13 Å². The zero-order valence-electron chi connectivity index (χ0n) is 13.1. The molecule has 0 saturated carbocycles. The SMILES string of the molecule is CCc1nnc(NC(=O)CCCc2nc(-c3cccnc3)no2)s1. The minimum absolute atomic E-state index is 0.0965. The van der Waals surface area contributed by atoms with Crippen LogP contribution in [0.5, 0.6) is 0 Å². The molecule has 0 spiro atoms. The highest BCUT2D eigenvalue weighted by Crippen LogP contribution is 2.17. The standard InChI is InChI=1S/C15H16N6O2S/c1-2-13-19-20-15(24-13)17-11(22)6-3-7-12-18-14(21-23-12)10-5-4-8-16-9-10/h4-5,8-9H,2-3,6-7H2,1H3,(H,17,20,22). The van der Waals surface area contributed by atoms with Crippen LogP contribution in [0, 0.1) is 0 Å². The first-order valence-corrected chi connectivity index (χ1v) is 8.41. The van der Waals surface area contributed by atoms with E-state index in [0.29, 0.717) is 36.1 Å². The fourth-order valence-electron chi connectivity index (χ4n) is 2.00. The minimum atomic E-state index is -0.0965. The average molecular weight is 344 g/mol. The van der Waals surface area contributed by atoms with Gasteiger partial charge in [0.1, 0.15) is 5.01 Å². The predicted octanol–water partition coefficient (Wildman–Crippen LogP) is 2.51. The fraction of sp³-hybridized carbons (Fsp3) is 0.333. The molecule has 0 aliphatic rings. The molecule has 3 rings (SSSR count). The maximum atomic E-state index is 11.9. The van der Waals surface area contributed by atoms with Crippen LogP contribution in [0.15, 0.2) is 29.0 Å². The van der Waals surface area contributed by atoms with E-state index < -0.39 is 0 Å². The van der Waals surface area contributed by atoms with Crippen LogP contribution in [0.2, 0.25) is 0 Å². The van der Waals surface area contributed by atoms with Crippen LogP contribution in [0.25, 0.3) is 11.4 Å². The summed E-state index contributed by atoms with van der Waals surface area (Å²) in [4.78, 5) is 20.2. The summed E-state index contributed by atoms with van der Waals surface area (Å²) in [5.41, 5.74) is 0.799. The lowest BCUT2D eigenvalue weighted by Gasteiger charge is -1.99. The van der Waals surface area contributed by atoms with Crippen molar-refractivity contribution in [2.45, 2.75) is 32.6 Å². The van der Waals surface area contributed by atoms with E-state index in [1.807, 2.05) is 19.1 Å². The molecule has 3 aromatic heterocycles. The fourth-order valence-corrected chi connectivity index (χ4v) is 2.69. The van der Waals surface area contributed by atoms with Gasteiger partial charge in [-0.1, -0.05) is 23.4 Å².